The first-order chi connectivity index (χ1) is 13.0. The monoisotopic (exact) mass is 364 g/mol. The largest absolute Gasteiger partial charge is 0.349 e. The lowest BCUT2D eigenvalue weighted by molar-refractivity contribution is -0.126. The van der Waals surface area contributed by atoms with Crippen LogP contribution in [0.15, 0.2) is 48.5 Å². The smallest absolute Gasteiger partial charge is 0.227 e. The van der Waals surface area contributed by atoms with E-state index in [0.717, 1.165) is 29.7 Å². The Balaban J connectivity index is 1.78. The summed E-state index contributed by atoms with van der Waals surface area (Å²) in [6, 6.07) is 16.1. The first-order valence-corrected chi connectivity index (χ1v) is 9.26. The van der Waals surface area contributed by atoms with Crippen LogP contribution in [0.4, 0.5) is 5.69 Å². The standard InChI is InChI=1S/C22H24N2O3/c1-16(25)14-23-21(26)12-13-22(27)24-15-19-8-3-2-6-17(19)10-11-18-7-4-5-9-20(18)24/h2-9H,10-15H2,1H3,(H,23,26). The van der Waals surface area contributed by atoms with Gasteiger partial charge >= 0.3 is 0 Å². The number of para-hydroxylation sites is 1. The molecule has 2 aromatic rings. The second-order valence-corrected chi connectivity index (χ2v) is 6.86. The normalized spacial score (nSPS) is 13.0. The van der Waals surface area contributed by atoms with Crippen molar-refractivity contribution >= 4 is 23.3 Å². The summed E-state index contributed by atoms with van der Waals surface area (Å²) in [5.41, 5.74) is 4.45. The zero-order valence-electron chi connectivity index (χ0n) is 15.5. The summed E-state index contributed by atoms with van der Waals surface area (Å²) in [7, 11) is 0. The van der Waals surface area contributed by atoms with Crippen molar-refractivity contribution in [3.63, 3.8) is 0 Å². The van der Waals surface area contributed by atoms with E-state index in [9.17, 15) is 14.4 Å². The van der Waals surface area contributed by atoms with Gasteiger partial charge in [0.25, 0.3) is 0 Å². The maximum Gasteiger partial charge on any atom is 0.227 e. The second kappa shape index (κ2) is 8.62. The van der Waals surface area contributed by atoms with Crippen molar-refractivity contribution in [1.82, 2.24) is 5.32 Å². The molecule has 0 unspecified atom stereocenters. The van der Waals surface area contributed by atoms with Gasteiger partial charge in [-0.2, -0.15) is 0 Å². The highest BCUT2D eigenvalue weighted by atomic mass is 16.2. The molecule has 5 nitrogen and oxygen atoms in total. The average Bonchev–Trinajstić information content (AvgIpc) is 2.66. The quantitative estimate of drug-likeness (QED) is 0.887. The zero-order valence-corrected chi connectivity index (χ0v) is 15.5. The molecule has 0 saturated heterocycles. The molecule has 0 bridgehead atoms. The number of rotatable bonds is 5. The lowest BCUT2D eigenvalue weighted by atomic mass is 9.95. The third-order valence-corrected chi connectivity index (χ3v) is 4.79. The summed E-state index contributed by atoms with van der Waals surface area (Å²) in [5, 5.41) is 2.54. The molecule has 0 radical (unpaired) electrons. The fourth-order valence-corrected chi connectivity index (χ4v) is 3.36. The number of fused-ring (bicyclic) bond motifs is 2. The van der Waals surface area contributed by atoms with Crippen LogP contribution >= 0.6 is 0 Å². The van der Waals surface area contributed by atoms with E-state index >= 15 is 0 Å². The lowest BCUT2D eigenvalue weighted by Crippen LogP contribution is -2.34. The number of carbonyl (C=O) groups excluding carboxylic acids is 3. The number of nitrogens with zero attached hydrogens (tertiary/aromatic N) is 1. The maximum absolute atomic E-state index is 13.0. The molecule has 27 heavy (non-hydrogen) atoms. The Morgan fingerprint density at radius 2 is 1.52 bits per heavy atom. The van der Waals surface area contributed by atoms with Crippen molar-refractivity contribution in [1.29, 1.82) is 0 Å². The third kappa shape index (κ3) is 4.82. The summed E-state index contributed by atoms with van der Waals surface area (Å²) < 4.78 is 0. The molecule has 0 atom stereocenters. The van der Waals surface area contributed by atoms with E-state index in [1.807, 2.05) is 30.3 Å². The number of nitrogens with one attached hydrogen (secondary N) is 1. The van der Waals surface area contributed by atoms with Crippen LogP contribution in [-0.4, -0.2) is 24.1 Å². The summed E-state index contributed by atoms with van der Waals surface area (Å²) in [4.78, 5) is 37.6. The Morgan fingerprint density at radius 1 is 0.889 bits per heavy atom. The van der Waals surface area contributed by atoms with E-state index in [-0.39, 0.29) is 37.0 Å². The van der Waals surface area contributed by atoms with Crippen LogP contribution in [-0.2, 0) is 33.8 Å². The third-order valence-electron chi connectivity index (χ3n) is 4.79. The SMILES string of the molecule is CC(=O)CNC(=O)CCC(=O)N1Cc2ccccc2CCc2ccccc21. The summed E-state index contributed by atoms with van der Waals surface area (Å²) >= 11 is 0. The Morgan fingerprint density at radius 3 is 2.26 bits per heavy atom. The van der Waals surface area contributed by atoms with Crippen LogP contribution in [0.1, 0.15) is 36.5 Å². The highest BCUT2D eigenvalue weighted by Gasteiger charge is 2.22. The van der Waals surface area contributed by atoms with Crippen molar-refractivity contribution in [2.75, 3.05) is 11.4 Å². The molecule has 2 amide bonds. The van der Waals surface area contributed by atoms with Gasteiger partial charge in [-0.1, -0.05) is 42.5 Å². The highest BCUT2D eigenvalue weighted by Crippen LogP contribution is 2.29. The van der Waals surface area contributed by atoms with E-state index < -0.39 is 0 Å². The number of benzene rings is 2. The number of hydrogen-bond acceptors (Lipinski definition) is 3. The first kappa shape index (κ1) is 18.8. The van der Waals surface area contributed by atoms with Crippen molar-refractivity contribution in [2.24, 2.45) is 0 Å². The topological polar surface area (TPSA) is 66.5 Å². The van der Waals surface area contributed by atoms with E-state index in [0.29, 0.717) is 6.54 Å². The molecule has 1 heterocycles. The molecule has 2 aromatic carbocycles. The number of aryl methyl sites for hydroxylation is 2. The zero-order chi connectivity index (χ0) is 19.2. The second-order valence-electron chi connectivity index (χ2n) is 6.86. The summed E-state index contributed by atoms with van der Waals surface area (Å²) in [6.07, 6.45) is 2.01. The Kier molecular flexibility index (Phi) is 6.01. The van der Waals surface area contributed by atoms with Gasteiger partial charge in [0.15, 0.2) is 0 Å². The molecule has 1 N–H and O–H groups in total. The van der Waals surface area contributed by atoms with Crippen molar-refractivity contribution < 1.29 is 14.4 Å². The molecule has 0 aromatic heterocycles. The molecule has 1 aliphatic rings. The fourth-order valence-electron chi connectivity index (χ4n) is 3.36. The Labute approximate surface area is 159 Å². The molecular formula is C22H24N2O3. The molecule has 3 rings (SSSR count). The number of hydrogen-bond donors (Lipinski definition) is 1. The van der Waals surface area contributed by atoms with Crippen LogP contribution in [0.3, 0.4) is 0 Å². The predicted octanol–water partition coefficient (Wildman–Crippen LogP) is 2.80. The number of Topliss-reactive ketones (excluding diaryl/α,β-unsaturated/α-hetero) is 1. The van der Waals surface area contributed by atoms with Crippen LogP contribution in [0, 0.1) is 0 Å². The number of amides is 2. The summed E-state index contributed by atoms with van der Waals surface area (Å²) in [5.74, 6) is -0.472. The Bertz CT molecular complexity index is 860. The minimum atomic E-state index is -0.278. The molecule has 5 heteroatoms. The van der Waals surface area contributed by atoms with Gasteiger partial charge in [0.2, 0.25) is 11.8 Å². The average molecular weight is 364 g/mol. The minimum Gasteiger partial charge on any atom is -0.349 e. The van der Waals surface area contributed by atoms with Crippen molar-refractivity contribution in [2.45, 2.75) is 39.2 Å². The fraction of sp³-hybridized carbons (Fsp3) is 0.318. The van der Waals surface area contributed by atoms with Crippen LogP contribution in [0.2, 0.25) is 0 Å². The predicted molar refractivity (Wildman–Crippen MR) is 104 cm³/mol. The van der Waals surface area contributed by atoms with E-state index in [1.165, 1.54) is 12.5 Å². The maximum atomic E-state index is 13.0. The van der Waals surface area contributed by atoms with Gasteiger partial charge in [-0.3, -0.25) is 14.4 Å². The van der Waals surface area contributed by atoms with E-state index in [1.54, 1.807) is 4.90 Å². The van der Waals surface area contributed by atoms with E-state index in [4.69, 9.17) is 0 Å². The molecule has 140 valence electrons. The Hall–Kier alpha value is -2.95. The number of anilines is 1. The van der Waals surface area contributed by atoms with Crippen LogP contribution < -0.4 is 10.2 Å². The lowest BCUT2D eigenvalue weighted by Gasteiger charge is -2.28. The molecule has 0 aliphatic carbocycles. The number of carbonyl (C=O) groups is 3. The van der Waals surface area contributed by atoms with Gasteiger partial charge in [0.05, 0.1) is 13.1 Å². The van der Waals surface area contributed by atoms with Gasteiger partial charge < -0.3 is 10.2 Å². The molecule has 1 aliphatic heterocycles. The summed E-state index contributed by atoms with van der Waals surface area (Å²) in [6.45, 7) is 1.92. The first-order valence-electron chi connectivity index (χ1n) is 9.26. The number of ketones is 1. The van der Waals surface area contributed by atoms with Crippen LogP contribution in [0.5, 0.6) is 0 Å². The van der Waals surface area contributed by atoms with Gasteiger partial charge in [-0.25, -0.2) is 0 Å². The molecular weight excluding hydrogens is 340 g/mol. The minimum absolute atomic E-state index is 0.00689. The molecule has 0 fully saturated rings. The molecule has 0 saturated carbocycles. The highest BCUT2D eigenvalue weighted by molar-refractivity contribution is 5.96. The van der Waals surface area contributed by atoms with E-state index in [2.05, 4.69) is 23.5 Å². The van der Waals surface area contributed by atoms with Gasteiger partial charge in [0.1, 0.15) is 5.78 Å². The van der Waals surface area contributed by atoms with Crippen molar-refractivity contribution in [3.05, 3.63) is 65.2 Å². The molecule has 0 spiro atoms. The van der Waals surface area contributed by atoms with Gasteiger partial charge in [0, 0.05) is 18.5 Å². The van der Waals surface area contributed by atoms with Crippen LogP contribution in [0.25, 0.3) is 0 Å². The van der Waals surface area contributed by atoms with Gasteiger partial charge in [-0.15, -0.1) is 0 Å². The van der Waals surface area contributed by atoms with Gasteiger partial charge in [-0.05, 0) is 42.5 Å². The van der Waals surface area contributed by atoms with Crippen molar-refractivity contribution in [3.8, 4) is 0 Å².